The van der Waals surface area contributed by atoms with Crippen molar-refractivity contribution in [2.45, 2.75) is 6.92 Å². The SMILES string of the molecule is Cc1c(Cl)cccc1-c1cccc(C#N)c1. The normalized spacial score (nSPS) is 9.81. The van der Waals surface area contributed by atoms with E-state index in [0.717, 1.165) is 21.7 Å². The first-order valence-electron chi connectivity index (χ1n) is 4.98. The topological polar surface area (TPSA) is 23.8 Å². The van der Waals surface area contributed by atoms with E-state index in [1.807, 2.05) is 43.3 Å². The Morgan fingerprint density at radius 3 is 2.62 bits per heavy atom. The standard InChI is InChI=1S/C14H10ClN/c1-10-13(6-3-7-14(10)15)12-5-2-4-11(8-12)9-16/h2-8H,1H3. The van der Waals surface area contributed by atoms with Crippen molar-refractivity contribution in [3.8, 4) is 17.2 Å². The van der Waals surface area contributed by atoms with E-state index >= 15 is 0 Å². The first-order chi connectivity index (χ1) is 7.72. The fraction of sp³-hybridized carbons (Fsp3) is 0.0714. The summed E-state index contributed by atoms with van der Waals surface area (Å²) >= 11 is 6.07. The summed E-state index contributed by atoms with van der Waals surface area (Å²) in [5.74, 6) is 0. The van der Waals surface area contributed by atoms with Crippen LogP contribution in [0.5, 0.6) is 0 Å². The second-order valence-electron chi connectivity index (χ2n) is 3.61. The van der Waals surface area contributed by atoms with Crippen LogP contribution in [0, 0.1) is 18.3 Å². The third kappa shape index (κ3) is 1.93. The predicted molar refractivity (Wildman–Crippen MR) is 66.3 cm³/mol. The molecule has 0 amide bonds. The van der Waals surface area contributed by atoms with Crippen LogP contribution in [0.2, 0.25) is 5.02 Å². The van der Waals surface area contributed by atoms with E-state index in [9.17, 15) is 0 Å². The van der Waals surface area contributed by atoms with Gasteiger partial charge in [0.15, 0.2) is 0 Å². The summed E-state index contributed by atoms with van der Waals surface area (Å²) in [4.78, 5) is 0. The summed E-state index contributed by atoms with van der Waals surface area (Å²) in [5.41, 5.74) is 3.81. The molecule has 0 N–H and O–H groups in total. The van der Waals surface area contributed by atoms with Crippen molar-refractivity contribution in [1.82, 2.24) is 0 Å². The van der Waals surface area contributed by atoms with E-state index < -0.39 is 0 Å². The fourth-order valence-electron chi connectivity index (χ4n) is 1.68. The van der Waals surface area contributed by atoms with Gasteiger partial charge in [0.2, 0.25) is 0 Å². The Hall–Kier alpha value is -1.78. The molecule has 0 fully saturated rings. The second kappa shape index (κ2) is 4.38. The summed E-state index contributed by atoms with van der Waals surface area (Å²) in [6, 6.07) is 15.5. The Labute approximate surface area is 99.9 Å². The largest absolute Gasteiger partial charge is 0.192 e. The van der Waals surface area contributed by atoms with Gasteiger partial charge in [-0.2, -0.15) is 5.26 Å². The highest BCUT2D eigenvalue weighted by molar-refractivity contribution is 6.31. The molecule has 0 atom stereocenters. The Kier molecular flexibility index (Phi) is 2.94. The maximum atomic E-state index is 8.86. The lowest BCUT2D eigenvalue weighted by Gasteiger charge is -2.07. The number of halogens is 1. The maximum Gasteiger partial charge on any atom is 0.0991 e. The van der Waals surface area contributed by atoms with Crippen LogP contribution in [0.15, 0.2) is 42.5 Å². The van der Waals surface area contributed by atoms with Crippen LogP contribution in [0.25, 0.3) is 11.1 Å². The van der Waals surface area contributed by atoms with Crippen LogP contribution in [0.4, 0.5) is 0 Å². The lowest BCUT2D eigenvalue weighted by molar-refractivity contribution is 1.44. The van der Waals surface area contributed by atoms with E-state index in [0.29, 0.717) is 5.56 Å². The van der Waals surface area contributed by atoms with Gasteiger partial charge < -0.3 is 0 Å². The van der Waals surface area contributed by atoms with Crippen LogP contribution in [0.1, 0.15) is 11.1 Å². The Bertz CT molecular complexity index is 567. The molecule has 0 aliphatic carbocycles. The molecule has 16 heavy (non-hydrogen) atoms. The van der Waals surface area contributed by atoms with E-state index in [2.05, 4.69) is 6.07 Å². The summed E-state index contributed by atoms with van der Waals surface area (Å²) in [7, 11) is 0. The molecule has 2 heteroatoms. The summed E-state index contributed by atoms with van der Waals surface area (Å²) in [6.45, 7) is 1.98. The Morgan fingerprint density at radius 2 is 1.88 bits per heavy atom. The van der Waals surface area contributed by atoms with Crippen LogP contribution in [0.3, 0.4) is 0 Å². The highest BCUT2D eigenvalue weighted by Gasteiger charge is 2.04. The average Bonchev–Trinajstić information content (AvgIpc) is 2.33. The Morgan fingerprint density at radius 1 is 1.12 bits per heavy atom. The summed E-state index contributed by atoms with van der Waals surface area (Å²) in [5, 5.41) is 9.61. The van der Waals surface area contributed by atoms with Crippen molar-refractivity contribution < 1.29 is 0 Å². The minimum atomic E-state index is 0.664. The molecule has 2 aromatic rings. The summed E-state index contributed by atoms with van der Waals surface area (Å²) < 4.78 is 0. The molecular formula is C14H10ClN. The van der Waals surface area contributed by atoms with Gasteiger partial charge in [-0.15, -0.1) is 0 Å². The van der Waals surface area contributed by atoms with Gasteiger partial charge in [0, 0.05) is 5.02 Å². The first kappa shape index (κ1) is 10.7. The molecule has 0 aromatic heterocycles. The molecule has 0 saturated carbocycles. The predicted octanol–water partition coefficient (Wildman–Crippen LogP) is 4.19. The van der Waals surface area contributed by atoms with Crippen LogP contribution >= 0.6 is 11.6 Å². The van der Waals surface area contributed by atoms with E-state index in [-0.39, 0.29) is 0 Å². The summed E-state index contributed by atoms with van der Waals surface area (Å²) in [6.07, 6.45) is 0. The number of benzene rings is 2. The lowest BCUT2D eigenvalue weighted by Crippen LogP contribution is -1.85. The number of hydrogen-bond donors (Lipinski definition) is 0. The monoisotopic (exact) mass is 227 g/mol. The van der Waals surface area contributed by atoms with E-state index in [1.165, 1.54) is 0 Å². The fourth-order valence-corrected chi connectivity index (χ4v) is 1.85. The molecule has 0 aliphatic rings. The quantitative estimate of drug-likeness (QED) is 0.717. The average molecular weight is 228 g/mol. The first-order valence-corrected chi connectivity index (χ1v) is 5.36. The van der Waals surface area contributed by atoms with Gasteiger partial charge in [0.05, 0.1) is 11.6 Å². The number of hydrogen-bond acceptors (Lipinski definition) is 1. The molecule has 2 rings (SSSR count). The van der Waals surface area contributed by atoms with Gasteiger partial charge in [-0.1, -0.05) is 35.9 Å². The number of nitrogens with zero attached hydrogens (tertiary/aromatic N) is 1. The van der Waals surface area contributed by atoms with Crippen LogP contribution in [-0.4, -0.2) is 0 Å². The molecule has 0 bridgehead atoms. The van der Waals surface area contributed by atoms with E-state index in [4.69, 9.17) is 16.9 Å². The molecule has 0 saturated heterocycles. The van der Waals surface area contributed by atoms with Gasteiger partial charge in [-0.05, 0) is 41.8 Å². The minimum Gasteiger partial charge on any atom is -0.192 e. The second-order valence-corrected chi connectivity index (χ2v) is 4.01. The molecule has 0 radical (unpaired) electrons. The third-order valence-corrected chi connectivity index (χ3v) is 2.98. The minimum absolute atomic E-state index is 0.664. The molecule has 0 heterocycles. The van der Waals surface area contributed by atoms with Gasteiger partial charge >= 0.3 is 0 Å². The molecule has 0 aliphatic heterocycles. The smallest absolute Gasteiger partial charge is 0.0991 e. The van der Waals surface area contributed by atoms with Crippen LogP contribution in [-0.2, 0) is 0 Å². The van der Waals surface area contributed by atoms with E-state index in [1.54, 1.807) is 6.07 Å². The van der Waals surface area contributed by atoms with Crippen molar-refractivity contribution >= 4 is 11.6 Å². The number of rotatable bonds is 1. The third-order valence-electron chi connectivity index (χ3n) is 2.57. The molecule has 1 nitrogen and oxygen atoms in total. The van der Waals surface area contributed by atoms with Crippen molar-refractivity contribution in [2.75, 3.05) is 0 Å². The van der Waals surface area contributed by atoms with Crippen molar-refractivity contribution in [3.63, 3.8) is 0 Å². The Balaban J connectivity index is 2.59. The van der Waals surface area contributed by atoms with Crippen molar-refractivity contribution in [1.29, 1.82) is 5.26 Å². The van der Waals surface area contributed by atoms with Gasteiger partial charge in [-0.25, -0.2) is 0 Å². The lowest BCUT2D eigenvalue weighted by atomic mass is 9.99. The van der Waals surface area contributed by atoms with Crippen molar-refractivity contribution in [2.24, 2.45) is 0 Å². The van der Waals surface area contributed by atoms with Gasteiger partial charge in [0.1, 0.15) is 0 Å². The van der Waals surface area contributed by atoms with Gasteiger partial charge in [0.25, 0.3) is 0 Å². The zero-order valence-corrected chi connectivity index (χ0v) is 9.62. The molecule has 78 valence electrons. The van der Waals surface area contributed by atoms with Crippen molar-refractivity contribution in [3.05, 3.63) is 58.6 Å². The zero-order valence-electron chi connectivity index (χ0n) is 8.87. The van der Waals surface area contributed by atoms with Gasteiger partial charge in [-0.3, -0.25) is 0 Å². The highest BCUT2D eigenvalue weighted by Crippen LogP contribution is 2.28. The highest BCUT2D eigenvalue weighted by atomic mass is 35.5. The molecule has 2 aromatic carbocycles. The maximum absolute atomic E-state index is 8.86. The van der Waals surface area contributed by atoms with Crippen LogP contribution < -0.4 is 0 Å². The zero-order chi connectivity index (χ0) is 11.5. The molecule has 0 unspecified atom stereocenters. The number of nitriles is 1. The molecule has 0 spiro atoms. The molecular weight excluding hydrogens is 218 g/mol.